The van der Waals surface area contributed by atoms with E-state index in [1.807, 2.05) is 32.9 Å². The summed E-state index contributed by atoms with van der Waals surface area (Å²) in [6.45, 7) is 5.90. The van der Waals surface area contributed by atoms with Crippen molar-refractivity contribution < 1.29 is 9.47 Å². The summed E-state index contributed by atoms with van der Waals surface area (Å²) in [4.78, 5) is 0. The van der Waals surface area contributed by atoms with Crippen molar-refractivity contribution in [2.75, 3.05) is 7.11 Å². The molecular weight excluding hydrogens is 292 g/mol. The highest BCUT2D eigenvalue weighted by atomic mass is 16.5. The van der Waals surface area contributed by atoms with Crippen LogP contribution in [0.2, 0.25) is 0 Å². The van der Waals surface area contributed by atoms with Gasteiger partial charge in [0.25, 0.3) is 0 Å². The molecule has 0 bridgehead atoms. The van der Waals surface area contributed by atoms with Crippen molar-refractivity contribution in [2.45, 2.75) is 26.7 Å². The van der Waals surface area contributed by atoms with Crippen LogP contribution in [0.4, 0.5) is 0 Å². The van der Waals surface area contributed by atoms with Gasteiger partial charge in [0, 0.05) is 17.2 Å². The number of hydrogen-bond donors (Lipinski definition) is 2. The molecule has 2 unspecified atom stereocenters. The number of H-pyrrole nitrogens is 1. The van der Waals surface area contributed by atoms with Crippen molar-refractivity contribution in [3.63, 3.8) is 0 Å². The SMILES string of the molecule is COc1ccc(C2c3c(n[nH]c3C)OC(=N)C2C#N)c(C)c1C. The molecule has 0 aliphatic carbocycles. The largest absolute Gasteiger partial charge is 0.496 e. The lowest BCUT2D eigenvalue weighted by Gasteiger charge is -2.29. The zero-order valence-corrected chi connectivity index (χ0v) is 13.5. The van der Waals surface area contributed by atoms with E-state index in [9.17, 15) is 5.26 Å². The third-order valence-corrected chi connectivity index (χ3v) is 4.57. The number of methoxy groups -OCH3 is 1. The van der Waals surface area contributed by atoms with Crippen LogP contribution in [0.1, 0.15) is 33.9 Å². The smallest absolute Gasteiger partial charge is 0.243 e. The Labute approximate surface area is 134 Å². The topological polar surface area (TPSA) is 94.8 Å². The van der Waals surface area contributed by atoms with E-state index in [1.54, 1.807) is 7.11 Å². The molecule has 3 rings (SSSR count). The maximum atomic E-state index is 9.58. The molecule has 0 saturated heterocycles. The second-order valence-electron chi connectivity index (χ2n) is 5.73. The van der Waals surface area contributed by atoms with E-state index in [2.05, 4.69) is 16.3 Å². The lowest BCUT2D eigenvalue weighted by Crippen LogP contribution is -2.31. The van der Waals surface area contributed by atoms with Gasteiger partial charge < -0.3 is 9.47 Å². The van der Waals surface area contributed by atoms with Gasteiger partial charge in [-0.05, 0) is 43.5 Å². The number of fused-ring (bicyclic) bond motifs is 1. The Kier molecular flexibility index (Phi) is 3.57. The van der Waals surface area contributed by atoms with Gasteiger partial charge in [0.1, 0.15) is 11.7 Å². The molecule has 0 saturated carbocycles. The number of aryl methyl sites for hydroxylation is 1. The van der Waals surface area contributed by atoms with Crippen LogP contribution in [0.5, 0.6) is 11.6 Å². The number of nitriles is 1. The first-order chi connectivity index (χ1) is 11.0. The van der Waals surface area contributed by atoms with E-state index in [-0.39, 0.29) is 11.8 Å². The van der Waals surface area contributed by atoms with Gasteiger partial charge in [-0.3, -0.25) is 10.5 Å². The van der Waals surface area contributed by atoms with Gasteiger partial charge in [0.2, 0.25) is 11.8 Å². The van der Waals surface area contributed by atoms with E-state index < -0.39 is 5.92 Å². The normalized spacial score (nSPS) is 19.7. The number of ether oxygens (including phenoxy) is 2. The van der Waals surface area contributed by atoms with Crippen molar-refractivity contribution >= 4 is 5.90 Å². The molecule has 0 radical (unpaired) electrons. The molecule has 2 N–H and O–H groups in total. The average Bonchev–Trinajstić information content (AvgIpc) is 2.89. The number of benzene rings is 1. The fourth-order valence-corrected chi connectivity index (χ4v) is 3.19. The van der Waals surface area contributed by atoms with E-state index in [0.717, 1.165) is 33.7 Å². The first-order valence-corrected chi connectivity index (χ1v) is 7.34. The van der Waals surface area contributed by atoms with Crippen LogP contribution in [-0.4, -0.2) is 23.2 Å². The van der Waals surface area contributed by atoms with Gasteiger partial charge in [-0.1, -0.05) is 6.07 Å². The van der Waals surface area contributed by atoms with Gasteiger partial charge in [-0.25, -0.2) is 0 Å². The van der Waals surface area contributed by atoms with Crippen LogP contribution < -0.4 is 9.47 Å². The highest BCUT2D eigenvalue weighted by Gasteiger charge is 2.40. The van der Waals surface area contributed by atoms with E-state index in [1.165, 1.54) is 0 Å². The van der Waals surface area contributed by atoms with E-state index >= 15 is 0 Å². The molecule has 1 aliphatic heterocycles. The molecule has 6 nitrogen and oxygen atoms in total. The van der Waals surface area contributed by atoms with Crippen LogP contribution in [-0.2, 0) is 0 Å². The molecule has 0 fully saturated rings. The van der Waals surface area contributed by atoms with Gasteiger partial charge >= 0.3 is 0 Å². The van der Waals surface area contributed by atoms with Gasteiger partial charge in [-0.2, -0.15) is 5.26 Å². The predicted molar refractivity (Wildman–Crippen MR) is 85.1 cm³/mol. The first kappa shape index (κ1) is 15.1. The molecule has 2 atom stereocenters. The van der Waals surface area contributed by atoms with Crippen molar-refractivity contribution in [1.82, 2.24) is 10.2 Å². The molecule has 1 aromatic heterocycles. The Hall–Kier alpha value is -2.81. The van der Waals surface area contributed by atoms with E-state index in [0.29, 0.717) is 5.88 Å². The predicted octanol–water partition coefficient (Wildman–Crippen LogP) is 2.98. The van der Waals surface area contributed by atoms with Gasteiger partial charge in [0.15, 0.2) is 0 Å². The Bertz CT molecular complexity index is 832. The van der Waals surface area contributed by atoms with E-state index in [4.69, 9.17) is 14.9 Å². The molecule has 2 heterocycles. The number of nitrogens with zero attached hydrogens (tertiary/aromatic N) is 2. The maximum absolute atomic E-state index is 9.58. The molecule has 118 valence electrons. The number of hydrogen-bond acceptors (Lipinski definition) is 5. The van der Waals surface area contributed by atoms with Crippen LogP contribution >= 0.6 is 0 Å². The molecular formula is C17H18N4O2. The summed E-state index contributed by atoms with van der Waals surface area (Å²) in [5, 5.41) is 24.6. The number of aromatic amines is 1. The summed E-state index contributed by atoms with van der Waals surface area (Å²) in [5.74, 6) is 0.178. The Morgan fingerprint density at radius 3 is 2.70 bits per heavy atom. The van der Waals surface area contributed by atoms with Crippen molar-refractivity contribution in [3.8, 4) is 17.7 Å². The lowest BCUT2D eigenvalue weighted by atomic mass is 9.77. The minimum absolute atomic E-state index is 0.0654. The van der Waals surface area contributed by atoms with Crippen LogP contribution in [0.25, 0.3) is 0 Å². The number of aromatic nitrogens is 2. The molecule has 1 aliphatic rings. The summed E-state index contributed by atoms with van der Waals surface area (Å²) in [6, 6.07) is 6.08. The summed E-state index contributed by atoms with van der Waals surface area (Å²) in [6.07, 6.45) is 0. The summed E-state index contributed by atoms with van der Waals surface area (Å²) in [7, 11) is 1.64. The van der Waals surface area contributed by atoms with Gasteiger partial charge in [-0.15, -0.1) is 5.10 Å². The monoisotopic (exact) mass is 310 g/mol. The Balaban J connectivity index is 2.25. The molecule has 23 heavy (non-hydrogen) atoms. The number of rotatable bonds is 2. The Morgan fingerprint density at radius 2 is 2.04 bits per heavy atom. The molecule has 0 spiro atoms. The second-order valence-corrected chi connectivity index (χ2v) is 5.73. The molecule has 6 heteroatoms. The Morgan fingerprint density at radius 1 is 1.30 bits per heavy atom. The fourth-order valence-electron chi connectivity index (χ4n) is 3.19. The zero-order chi connectivity index (χ0) is 16.7. The third-order valence-electron chi connectivity index (χ3n) is 4.57. The highest BCUT2D eigenvalue weighted by Crippen LogP contribution is 2.44. The molecule has 2 aromatic rings. The van der Waals surface area contributed by atoms with Crippen molar-refractivity contribution in [3.05, 3.63) is 40.1 Å². The minimum atomic E-state index is -0.676. The third kappa shape index (κ3) is 2.16. The number of nitrogens with one attached hydrogen (secondary N) is 2. The molecule has 0 amide bonds. The van der Waals surface area contributed by atoms with Crippen molar-refractivity contribution in [1.29, 1.82) is 10.7 Å². The van der Waals surface area contributed by atoms with Crippen LogP contribution in [0.3, 0.4) is 0 Å². The summed E-state index contributed by atoms with van der Waals surface area (Å²) >= 11 is 0. The second kappa shape index (κ2) is 5.43. The quantitative estimate of drug-likeness (QED) is 0.891. The van der Waals surface area contributed by atoms with Crippen molar-refractivity contribution in [2.24, 2.45) is 5.92 Å². The fraction of sp³-hybridized carbons (Fsp3) is 0.353. The van der Waals surface area contributed by atoms with Crippen LogP contribution in [0.15, 0.2) is 12.1 Å². The summed E-state index contributed by atoms with van der Waals surface area (Å²) < 4.78 is 10.8. The van der Waals surface area contributed by atoms with Gasteiger partial charge in [0.05, 0.1) is 13.2 Å². The zero-order valence-electron chi connectivity index (χ0n) is 13.5. The molecule has 1 aromatic carbocycles. The van der Waals surface area contributed by atoms with Crippen LogP contribution in [0, 0.1) is 43.4 Å². The first-order valence-electron chi connectivity index (χ1n) is 7.34. The summed E-state index contributed by atoms with van der Waals surface area (Å²) in [5.41, 5.74) is 4.78. The lowest BCUT2D eigenvalue weighted by molar-refractivity contribution is 0.410. The highest BCUT2D eigenvalue weighted by molar-refractivity contribution is 5.85. The minimum Gasteiger partial charge on any atom is -0.496 e. The maximum Gasteiger partial charge on any atom is 0.243 e. The average molecular weight is 310 g/mol. The standard InChI is InChI=1S/C17H18N4O2/c1-8-9(2)13(22-4)6-5-11(8)15-12(7-18)16(19)23-17-14(15)10(3)20-21-17/h5-6,12,15,19H,1-4H3,(H,20,21).